The molecule has 1 amide bonds. The fraction of sp³-hybridized carbons (Fsp3) is 0.176. The topological polar surface area (TPSA) is 32.3 Å². The normalized spacial score (nSPS) is 9.95. The van der Waals surface area contributed by atoms with Crippen LogP contribution < -0.4 is 5.32 Å². The number of benzene rings is 2. The molecule has 0 heterocycles. The van der Waals surface area contributed by atoms with Gasteiger partial charge in [-0.15, -0.1) is 0 Å². The van der Waals surface area contributed by atoms with Crippen molar-refractivity contribution >= 4 is 23.2 Å². The molecular formula is C17H18N2OS. The molecule has 0 aliphatic rings. The molecule has 0 aliphatic carbocycles. The first-order chi connectivity index (χ1) is 10.1. The second-order valence-corrected chi connectivity index (χ2v) is 5.24. The average Bonchev–Trinajstić information content (AvgIpc) is 2.49. The van der Waals surface area contributed by atoms with Crippen LogP contribution >= 0.6 is 12.2 Å². The van der Waals surface area contributed by atoms with E-state index in [9.17, 15) is 4.79 Å². The van der Waals surface area contributed by atoms with E-state index in [4.69, 9.17) is 12.2 Å². The van der Waals surface area contributed by atoms with Crippen LogP contribution in [-0.4, -0.2) is 23.0 Å². The lowest BCUT2D eigenvalue weighted by molar-refractivity contribution is -0.119. The van der Waals surface area contributed by atoms with Crippen molar-refractivity contribution in [1.29, 1.82) is 0 Å². The Morgan fingerprint density at radius 1 is 1.00 bits per heavy atom. The molecule has 0 aliphatic heterocycles. The second kappa shape index (κ2) is 7.55. The third-order valence-electron chi connectivity index (χ3n) is 3.06. The lowest BCUT2D eigenvalue weighted by atomic mass is 10.1. The number of nitrogens with one attached hydrogen (secondary N) is 1. The van der Waals surface area contributed by atoms with E-state index < -0.39 is 0 Å². The minimum atomic E-state index is -0.0916. The van der Waals surface area contributed by atoms with Crippen LogP contribution in [0.15, 0.2) is 60.7 Å². The van der Waals surface area contributed by atoms with E-state index in [0.717, 1.165) is 11.1 Å². The summed E-state index contributed by atoms with van der Waals surface area (Å²) in [6.07, 6.45) is 0.333. The summed E-state index contributed by atoms with van der Waals surface area (Å²) in [6, 6.07) is 19.6. The standard InChI is InChI=1S/C17H18N2OS/c1-19(13-15-10-6-3-7-11-15)17(21)18-16(20)12-14-8-4-2-5-9-14/h2-11H,12-13H2,1H3,(H,18,20,21). The van der Waals surface area contributed by atoms with E-state index in [-0.39, 0.29) is 5.91 Å². The van der Waals surface area contributed by atoms with Crippen molar-refractivity contribution in [2.45, 2.75) is 13.0 Å². The number of hydrogen-bond acceptors (Lipinski definition) is 2. The van der Waals surface area contributed by atoms with E-state index in [2.05, 4.69) is 5.32 Å². The van der Waals surface area contributed by atoms with E-state index in [0.29, 0.717) is 18.1 Å². The fourth-order valence-electron chi connectivity index (χ4n) is 1.97. The molecular weight excluding hydrogens is 280 g/mol. The first-order valence-corrected chi connectivity index (χ1v) is 7.19. The third kappa shape index (κ3) is 5.00. The molecule has 0 fully saturated rings. The van der Waals surface area contributed by atoms with Crippen LogP contribution in [0.4, 0.5) is 0 Å². The zero-order valence-electron chi connectivity index (χ0n) is 12.0. The van der Waals surface area contributed by atoms with E-state index in [1.165, 1.54) is 0 Å². The summed E-state index contributed by atoms with van der Waals surface area (Å²) in [6.45, 7) is 0.672. The van der Waals surface area contributed by atoms with Gasteiger partial charge in [0.2, 0.25) is 5.91 Å². The highest BCUT2D eigenvalue weighted by Crippen LogP contribution is 2.03. The van der Waals surface area contributed by atoms with Gasteiger partial charge in [0.05, 0.1) is 6.42 Å². The van der Waals surface area contributed by atoms with Crippen LogP contribution in [0, 0.1) is 0 Å². The zero-order valence-corrected chi connectivity index (χ0v) is 12.8. The number of carbonyl (C=O) groups excluding carboxylic acids is 1. The van der Waals surface area contributed by atoms with Gasteiger partial charge in [-0.3, -0.25) is 4.79 Å². The SMILES string of the molecule is CN(Cc1ccccc1)C(=S)NC(=O)Cc1ccccc1. The Kier molecular flexibility index (Phi) is 5.46. The van der Waals surface area contributed by atoms with Crippen LogP contribution in [0.1, 0.15) is 11.1 Å². The summed E-state index contributed by atoms with van der Waals surface area (Å²) in [4.78, 5) is 13.8. The molecule has 0 aromatic heterocycles. The van der Waals surface area contributed by atoms with Crippen molar-refractivity contribution in [2.75, 3.05) is 7.05 Å². The maximum atomic E-state index is 12.0. The lowest BCUT2D eigenvalue weighted by Gasteiger charge is -2.20. The zero-order chi connectivity index (χ0) is 15.1. The predicted octanol–water partition coefficient (Wildman–Crippen LogP) is 2.76. The van der Waals surface area contributed by atoms with Crippen molar-refractivity contribution < 1.29 is 4.79 Å². The van der Waals surface area contributed by atoms with Gasteiger partial charge in [-0.2, -0.15) is 0 Å². The predicted molar refractivity (Wildman–Crippen MR) is 88.8 cm³/mol. The molecule has 0 radical (unpaired) electrons. The first-order valence-electron chi connectivity index (χ1n) is 6.78. The van der Waals surface area contributed by atoms with Gasteiger partial charge in [0.1, 0.15) is 0 Å². The van der Waals surface area contributed by atoms with Gasteiger partial charge in [-0.1, -0.05) is 60.7 Å². The largest absolute Gasteiger partial charge is 0.348 e. The maximum absolute atomic E-state index is 12.0. The van der Waals surface area contributed by atoms with Crippen LogP contribution in [0.5, 0.6) is 0 Å². The van der Waals surface area contributed by atoms with E-state index in [1.807, 2.05) is 72.6 Å². The third-order valence-corrected chi connectivity index (χ3v) is 3.48. The summed E-state index contributed by atoms with van der Waals surface area (Å²) in [7, 11) is 1.87. The molecule has 2 aromatic carbocycles. The Morgan fingerprint density at radius 2 is 1.52 bits per heavy atom. The van der Waals surface area contributed by atoms with Gasteiger partial charge < -0.3 is 10.2 Å². The number of thiocarbonyl (C=S) groups is 1. The number of hydrogen-bond donors (Lipinski definition) is 1. The van der Waals surface area contributed by atoms with E-state index >= 15 is 0 Å². The molecule has 1 N–H and O–H groups in total. The summed E-state index contributed by atoms with van der Waals surface area (Å²) in [5, 5.41) is 3.21. The van der Waals surface area contributed by atoms with Gasteiger partial charge in [-0.25, -0.2) is 0 Å². The Labute approximate surface area is 130 Å². The number of nitrogens with zero attached hydrogens (tertiary/aromatic N) is 1. The van der Waals surface area contributed by atoms with Crippen LogP contribution in [0.2, 0.25) is 0 Å². The second-order valence-electron chi connectivity index (χ2n) is 4.86. The molecule has 2 rings (SSSR count). The highest BCUT2D eigenvalue weighted by Gasteiger charge is 2.09. The number of rotatable bonds is 4. The van der Waals surface area contributed by atoms with Crippen molar-refractivity contribution in [2.24, 2.45) is 0 Å². The summed E-state index contributed by atoms with van der Waals surface area (Å²) < 4.78 is 0. The van der Waals surface area contributed by atoms with Crippen molar-refractivity contribution in [3.8, 4) is 0 Å². The van der Waals surface area contributed by atoms with Gasteiger partial charge in [-0.05, 0) is 23.3 Å². The lowest BCUT2D eigenvalue weighted by Crippen LogP contribution is -2.40. The van der Waals surface area contributed by atoms with Crippen molar-refractivity contribution in [3.63, 3.8) is 0 Å². The Bertz CT molecular complexity index is 599. The first kappa shape index (κ1) is 15.2. The van der Waals surface area contributed by atoms with Gasteiger partial charge >= 0.3 is 0 Å². The quantitative estimate of drug-likeness (QED) is 0.881. The highest BCUT2D eigenvalue weighted by molar-refractivity contribution is 7.80. The van der Waals surface area contributed by atoms with Crippen LogP contribution in [-0.2, 0) is 17.8 Å². The molecule has 0 unspecified atom stereocenters. The molecule has 3 nitrogen and oxygen atoms in total. The fourth-order valence-corrected chi connectivity index (χ4v) is 2.15. The monoisotopic (exact) mass is 298 g/mol. The minimum absolute atomic E-state index is 0.0916. The molecule has 0 spiro atoms. The highest BCUT2D eigenvalue weighted by atomic mass is 32.1. The van der Waals surface area contributed by atoms with Gasteiger partial charge in [0, 0.05) is 13.6 Å². The van der Waals surface area contributed by atoms with E-state index in [1.54, 1.807) is 0 Å². The molecule has 2 aromatic rings. The Balaban J connectivity index is 1.84. The van der Waals surface area contributed by atoms with Crippen LogP contribution in [0.3, 0.4) is 0 Å². The maximum Gasteiger partial charge on any atom is 0.230 e. The molecule has 0 saturated heterocycles. The molecule has 0 atom stereocenters. The smallest absolute Gasteiger partial charge is 0.230 e. The molecule has 4 heteroatoms. The average molecular weight is 298 g/mol. The minimum Gasteiger partial charge on any atom is -0.348 e. The number of amides is 1. The summed E-state index contributed by atoms with van der Waals surface area (Å²) >= 11 is 5.26. The molecule has 0 saturated carbocycles. The molecule has 108 valence electrons. The number of carbonyl (C=O) groups is 1. The Morgan fingerprint density at radius 3 is 2.10 bits per heavy atom. The van der Waals surface area contributed by atoms with Crippen molar-refractivity contribution in [3.05, 3.63) is 71.8 Å². The molecule has 0 bridgehead atoms. The van der Waals surface area contributed by atoms with Crippen LogP contribution in [0.25, 0.3) is 0 Å². The summed E-state index contributed by atoms with van der Waals surface area (Å²) in [5.41, 5.74) is 2.13. The van der Waals surface area contributed by atoms with Crippen molar-refractivity contribution in [1.82, 2.24) is 10.2 Å². The summed E-state index contributed by atoms with van der Waals surface area (Å²) in [5.74, 6) is -0.0916. The molecule has 21 heavy (non-hydrogen) atoms. The van der Waals surface area contributed by atoms with Gasteiger partial charge in [0.25, 0.3) is 0 Å². The Hall–Kier alpha value is -2.20. The van der Waals surface area contributed by atoms with Gasteiger partial charge in [0.15, 0.2) is 5.11 Å².